The van der Waals surface area contributed by atoms with Gasteiger partial charge in [-0.15, -0.1) is 11.3 Å². The lowest BCUT2D eigenvalue weighted by atomic mass is 10.2. The molecule has 0 spiro atoms. The van der Waals surface area contributed by atoms with Crippen LogP contribution in [0.5, 0.6) is 10.8 Å². The first kappa shape index (κ1) is 16.0. The molecule has 3 rings (SSSR count). The fraction of sp³-hybridized carbons (Fsp3) is 0.111. The maximum Gasteiger partial charge on any atom is 0.259 e. The van der Waals surface area contributed by atoms with Gasteiger partial charge in [-0.2, -0.15) is 0 Å². The monoisotopic (exact) mass is 339 g/mol. The van der Waals surface area contributed by atoms with Crippen LogP contribution in [-0.4, -0.2) is 10.9 Å². The number of carbonyl (C=O) groups is 1. The van der Waals surface area contributed by atoms with Gasteiger partial charge in [-0.3, -0.25) is 4.79 Å². The Morgan fingerprint density at radius 3 is 2.50 bits per heavy atom. The van der Waals surface area contributed by atoms with Gasteiger partial charge in [0.1, 0.15) is 11.6 Å². The summed E-state index contributed by atoms with van der Waals surface area (Å²) < 4.78 is 5.80. The number of thiophene rings is 1. The predicted octanol–water partition coefficient (Wildman–Crippen LogP) is 4.39. The zero-order valence-electron chi connectivity index (χ0n) is 13.4. The first-order chi connectivity index (χ1) is 11.5. The number of anilines is 2. The van der Waals surface area contributed by atoms with Gasteiger partial charge in [0.15, 0.2) is 5.06 Å². The molecule has 0 bridgehead atoms. The lowest BCUT2D eigenvalue weighted by Gasteiger charge is -2.09. The van der Waals surface area contributed by atoms with Crippen LogP contribution in [0.1, 0.15) is 21.6 Å². The molecule has 0 aliphatic rings. The van der Waals surface area contributed by atoms with Crippen molar-refractivity contribution < 1.29 is 9.53 Å². The maximum absolute atomic E-state index is 12.3. The number of pyridine rings is 1. The van der Waals surface area contributed by atoms with Crippen molar-refractivity contribution in [3.05, 3.63) is 64.7 Å². The number of ether oxygens (including phenoxy) is 1. The molecule has 3 N–H and O–H groups in total. The fourth-order valence-corrected chi connectivity index (χ4v) is 2.94. The second-order valence-corrected chi connectivity index (χ2v) is 6.24. The minimum atomic E-state index is -0.289. The van der Waals surface area contributed by atoms with Crippen LogP contribution in [0.15, 0.2) is 47.8 Å². The van der Waals surface area contributed by atoms with E-state index < -0.39 is 0 Å². The van der Waals surface area contributed by atoms with Crippen LogP contribution in [0.25, 0.3) is 0 Å². The average molecular weight is 339 g/mol. The Morgan fingerprint density at radius 1 is 1.12 bits per heavy atom. The number of hydrogen-bond donors (Lipinski definition) is 2. The second-order valence-electron chi connectivity index (χ2n) is 5.36. The third-order valence-electron chi connectivity index (χ3n) is 3.45. The van der Waals surface area contributed by atoms with Crippen molar-refractivity contribution in [3.63, 3.8) is 0 Å². The van der Waals surface area contributed by atoms with Gasteiger partial charge in [-0.25, -0.2) is 4.98 Å². The Labute approximate surface area is 144 Å². The van der Waals surface area contributed by atoms with E-state index in [1.54, 1.807) is 35.6 Å². The maximum atomic E-state index is 12.3. The summed E-state index contributed by atoms with van der Waals surface area (Å²) >= 11 is 1.55. The number of nitrogens with one attached hydrogen (secondary N) is 1. The molecule has 1 aromatic carbocycles. The summed E-state index contributed by atoms with van der Waals surface area (Å²) in [4.78, 5) is 16.4. The van der Waals surface area contributed by atoms with E-state index in [1.165, 1.54) is 0 Å². The van der Waals surface area contributed by atoms with Gasteiger partial charge >= 0.3 is 0 Å². The molecule has 6 heteroatoms. The van der Waals surface area contributed by atoms with Gasteiger partial charge in [-0.05, 0) is 61.7 Å². The smallest absolute Gasteiger partial charge is 0.259 e. The third kappa shape index (κ3) is 3.55. The summed E-state index contributed by atoms with van der Waals surface area (Å²) in [6.45, 7) is 3.83. The number of rotatable bonds is 4. The van der Waals surface area contributed by atoms with E-state index in [-0.39, 0.29) is 11.7 Å². The number of aryl methyl sites for hydroxylation is 2. The largest absolute Gasteiger partial charge is 0.446 e. The van der Waals surface area contributed by atoms with Gasteiger partial charge in [0.25, 0.3) is 5.91 Å². The van der Waals surface area contributed by atoms with Gasteiger partial charge in [0.05, 0.1) is 5.56 Å². The molecule has 0 saturated heterocycles. The Balaban J connectivity index is 1.69. The molecule has 122 valence electrons. The topological polar surface area (TPSA) is 77.2 Å². The minimum absolute atomic E-state index is 0.223. The highest BCUT2D eigenvalue weighted by Gasteiger charge is 2.11. The number of aromatic nitrogens is 1. The average Bonchev–Trinajstić information content (AvgIpc) is 2.94. The zero-order valence-corrected chi connectivity index (χ0v) is 14.2. The van der Waals surface area contributed by atoms with Crippen LogP contribution in [0.3, 0.4) is 0 Å². The van der Waals surface area contributed by atoms with E-state index in [0.29, 0.717) is 11.3 Å². The molecule has 24 heavy (non-hydrogen) atoms. The SMILES string of the molecule is Cc1ccc(C(=O)Nc2ccc(Oc3sccc3C)cc2)c(N)n1. The number of benzene rings is 1. The van der Waals surface area contributed by atoms with Crippen LogP contribution in [0, 0.1) is 13.8 Å². The molecule has 1 amide bonds. The lowest BCUT2D eigenvalue weighted by Crippen LogP contribution is -2.15. The number of amides is 1. The van der Waals surface area contributed by atoms with Gasteiger partial charge < -0.3 is 15.8 Å². The van der Waals surface area contributed by atoms with Gasteiger partial charge in [-0.1, -0.05) is 0 Å². The Morgan fingerprint density at radius 2 is 1.88 bits per heavy atom. The quantitative estimate of drug-likeness (QED) is 0.739. The van der Waals surface area contributed by atoms with Gasteiger partial charge in [0, 0.05) is 16.9 Å². The number of carbonyl (C=O) groups excluding carboxylic acids is 1. The second kappa shape index (κ2) is 6.72. The third-order valence-corrected chi connectivity index (χ3v) is 4.34. The van der Waals surface area contributed by atoms with Gasteiger partial charge in [0.2, 0.25) is 0 Å². The predicted molar refractivity (Wildman–Crippen MR) is 96.9 cm³/mol. The fourth-order valence-electron chi connectivity index (χ4n) is 2.14. The lowest BCUT2D eigenvalue weighted by molar-refractivity contribution is 0.102. The van der Waals surface area contributed by atoms with E-state index >= 15 is 0 Å². The highest BCUT2D eigenvalue weighted by Crippen LogP contribution is 2.30. The number of nitrogens with zero attached hydrogens (tertiary/aromatic N) is 1. The van der Waals surface area contributed by atoms with Crippen LogP contribution in [-0.2, 0) is 0 Å². The summed E-state index contributed by atoms with van der Waals surface area (Å²) in [5.41, 5.74) is 8.69. The van der Waals surface area contributed by atoms with E-state index in [0.717, 1.165) is 22.1 Å². The molecule has 5 nitrogen and oxygen atoms in total. The Kier molecular flexibility index (Phi) is 4.48. The van der Waals surface area contributed by atoms with Crippen LogP contribution in [0.2, 0.25) is 0 Å². The minimum Gasteiger partial charge on any atom is -0.446 e. The molecule has 2 aromatic heterocycles. The molecule has 0 atom stereocenters. The molecule has 0 fully saturated rings. The zero-order chi connectivity index (χ0) is 17.1. The van der Waals surface area contributed by atoms with Crippen molar-refractivity contribution in [2.45, 2.75) is 13.8 Å². The molecular formula is C18H17N3O2S. The number of nitrogen functional groups attached to an aromatic ring is 1. The summed E-state index contributed by atoms with van der Waals surface area (Å²) in [5.74, 6) is 0.651. The molecule has 2 heterocycles. The molecule has 0 saturated carbocycles. The number of hydrogen-bond acceptors (Lipinski definition) is 5. The standard InChI is InChI=1S/C18H17N3O2S/c1-11-9-10-24-18(11)23-14-6-4-13(5-7-14)21-17(22)15-8-3-12(2)20-16(15)19/h3-10H,1-2H3,(H2,19,20)(H,21,22). The van der Waals surface area contributed by atoms with E-state index in [4.69, 9.17) is 10.5 Å². The Hall–Kier alpha value is -2.86. The van der Waals surface area contributed by atoms with Crippen molar-refractivity contribution >= 4 is 28.7 Å². The van der Waals surface area contributed by atoms with Crippen molar-refractivity contribution in [1.29, 1.82) is 0 Å². The van der Waals surface area contributed by atoms with Crippen molar-refractivity contribution in [3.8, 4) is 10.8 Å². The Bertz CT molecular complexity index is 872. The molecule has 3 aromatic rings. The highest BCUT2D eigenvalue weighted by atomic mass is 32.1. The van der Waals surface area contributed by atoms with Crippen LogP contribution >= 0.6 is 11.3 Å². The van der Waals surface area contributed by atoms with Crippen molar-refractivity contribution in [2.24, 2.45) is 0 Å². The van der Waals surface area contributed by atoms with Crippen molar-refractivity contribution in [2.75, 3.05) is 11.1 Å². The summed E-state index contributed by atoms with van der Waals surface area (Å²) in [6.07, 6.45) is 0. The van der Waals surface area contributed by atoms with Crippen LogP contribution in [0.4, 0.5) is 11.5 Å². The summed E-state index contributed by atoms with van der Waals surface area (Å²) in [7, 11) is 0. The first-order valence-corrected chi connectivity index (χ1v) is 8.27. The van der Waals surface area contributed by atoms with E-state index in [2.05, 4.69) is 10.3 Å². The van der Waals surface area contributed by atoms with E-state index in [1.807, 2.05) is 37.4 Å². The van der Waals surface area contributed by atoms with E-state index in [9.17, 15) is 4.79 Å². The van der Waals surface area contributed by atoms with Crippen molar-refractivity contribution in [1.82, 2.24) is 4.98 Å². The molecule has 0 radical (unpaired) electrons. The molecular weight excluding hydrogens is 322 g/mol. The molecule has 0 unspecified atom stereocenters. The normalized spacial score (nSPS) is 10.4. The summed E-state index contributed by atoms with van der Waals surface area (Å²) in [5, 5.41) is 5.66. The van der Waals surface area contributed by atoms with Crippen LogP contribution < -0.4 is 15.8 Å². The first-order valence-electron chi connectivity index (χ1n) is 7.39. The summed E-state index contributed by atoms with van der Waals surface area (Å²) in [6, 6.07) is 12.6. The highest BCUT2D eigenvalue weighted by molar-refractivity contribution is 7.12. The number of nitrogens with two attached hydrogens (primary N) is 1. The molecule has 0 aliphatic heterocycles. The molecule has 0 aliphatic carbocycles.